The van der Waals surface area contributed by atoms with E-state index in [0.717, 1.165) is 4.90 Å². The fourth-order valence-corrected chi connectivity index (χ4v) is 1.15. The molecule has 1 atom stereocenters. The van der Waals surface area contributed by atoms with Crippen LogP contribution in [0.15, 0.2) is 0 Å². The van der Waals surface area contributed by atoms with Crippen LogP contribution in [-0.4, -0.2) is 36.1 Å². The molecule has 0 bridgehead atoms. The lowest BCUT2D eigenvalue weighted by molar-refractivity contribution is -0.209. The van der Waals surface area contributed by atoms with Crippen molar-refractivity contribution in [2.24, 2.45) is 11.7 Å². The van der Waals surface area contributed by atoms with Crippen LogP contribution in [-0.2, 0) is 4.79 Å². The van der Waals surface area contributed by atoms with Crippen molar-refractivity contribution in [3.8, 4) is 0 Å². The maximum absolute atomic E-state index is 12.0. The molecular weight excluding hydrogens is 185 g/mol. The fraction of sp³-hybridized carbons (Fsp3) is 0.857. The third kappa shape index (κ3) is 2.12. The van der Waals surface area contributed by atoms with Gasteiger partial charge in [0, 0.05) is 13.1 Å². The average molecular weight is 196 g/mol. The van der Waals surface area contributed by atoms with Crippen LogP contribution in [0.25, 0.3) is 0 Å². The van der Waals surface area contributed by atoms with Gasteiger partial charge in [-0.15, -0.1) is 0 Å². The zero-order chi connectivity index (χ0) is 10.2. The number of likely N-dealkylation sites (tertiary alicyclic amines) is 1. The van der Waals surface area contributed by atoms with Gasteiger partial charge >= 0.3 is 6.18 Å². The second-order valence-electron chi connectivity index (χ2n) is 3.27. The Labute approximate surface area is 73.7 Å². The summed E-state index contributed by atoms with van der Waals surface area (Å²) in [5.74, 6) is -1.78. The number of nitrogens with zero attached hydrogens (tertiary/aromatic N) is 1. The highest BCUT2D eigenvalue weighted by Gasteiger charge is 2.48. The number of carbonyl (C=O) groups excluding carboxylic acids is 1. The van der Waals surface area contributed by atoms with Gasteiger partial charge in [-0.2, -0.15) is 13.2 Å². The summed E-state index contributed by atoms with van der Waals surface area (Å²) >= 11 is 0. The molecule has 0 aromatic carbocycles. The Morgan fingerprint density at radius 1 is 1.54 bits per heavy atom. The van der Waals surface area contributed by atoms with Crippen LogP contribution in [0.3, 0.4) is 0 Å². The smallest absolute Gasteiger partial charge is 0.340 e. The molecule has 0 unspecified atom stereocenters. The van der Waals surface area contributed by atoms with E-state index in [1.807, 2.05) is 0 Å². The molecule has 0 aromatic heterocycles. The summed E-state index contributed by atoms with van der Waals surface area (Å²) in [5.41, 5.74) is 5.23. The average Bonchev–Trinajstić information content (AvgIpc) is 1.79. The largest absolute Gasteiger partial charge is 0.395 e. The van der Waals surface area contributed by atoms with Crippen LogP contribution in [0.1, 0.15) is 6.92 Å². The lowest BCUT2D eigenvalue weighted by atomic mass is 9.99. The number of rotatable bonds is 1. The molecule has 1 saturated heterocycles. The highest BCUT2D eigenvalue weighted by Crippen LogP contribution is 2.33. The van der Waals surface area contributed by atoms with E-state index in [1.165, 1.54) is 6.92 Å². The summed E-state index contributed by atoms with van der Waals surface area (Å²) in [6, 6.07) is -0.714. The molecule has 1 fully saturated rings. The van der Waals surface area contributed by atoms with Crippen LogP contribution in [0.5, 0.6) is 0 Å². The Balaban J connectivity index is 2.38. The molecule has 0 saturated carbocycles. The van der Waals surface area contributed by atoms with Crippen molar-refractivity contribution < 1.29 is 18.0 Å². The highest BCUT2D eigenvalue weighted by atomic mass is 19.4. The first-order chi connectivity index (χ1) is 5.82. The predicted octanol–water partition coefficient (Wildman–Crippen LogP) is 0.354. The van der Waals surface area contributed by atoms with Gasteiger partial charge in [0.25, 0.3) is 0 Å². The summed E-state index contributed by atoms with van der Waals surface area (Å²) < 4.78 is 35.9. The molecule has 1 aliphatic heterocycles. The zero-order valence-electron chi connectivity index (χ0n) is 7.14. The molecule has 13 heavy (non-hydrogen) atoms. The summed E-state index contributed by atoms with van der Waals surface area (Å²) in [6.07, 6.45) is -4.19. The number of nitrogens with two attached hydrogens (primary N) is 1. The molecule has 3 nitrogen and oxygen atoms in total. The van der Waals surface area contributed by atoms with Crippen molar-refractivity contribution in [3.63, 3.8) is 0 Å². The van der Waals surface area contributed by atoms with Crippen molar-refractivity contribution in [2.75, 3.05) is 13.1 Å². The van der Waals surface area contributed by atoms with E-state index in [-0.39, 0.29) is 13.1 Å². The van der Waals surface area contributed by atoms with Gasteiger partial charge in [-0.3, -0.25) is 4.79 Å². The molecular formula is C7H11F3N2O. The quantitative estimate of drug-likeness (QED) is 0.658. The van der Waals surface area contributed by atoms with E-state index in [4.69, 9.17) is 5.73 Å². The van der Waals surface area contributed by atoms with Gasteiger partial charge < -0.3 is 10.6 Å². The first-order valence-corrected chi connectivity index (χ1v) is 3.93. The monoisotopic (exact) mass is 196 g/mol. The molecule has 0 aromatic rings. The minimum absolute atomic E-state index is 0.246. The van der Waals surface area contributed by atoms with Crippen molar-refractivity contribution >= 4 is 5.91 Å². The second kappa shape index (κ2) is 3.17. The van der Waals surface area contributed by atoms with Crippen molar-refractivity contribution in [3.05, 3.63) is 0 Å². The van der Waals surface area contributed by atoms with Gasteiger partial charge in [0.2, 0.25) is 5.91 Å². The first kappa shape index (κ1) is 10.3. The van der Waals surface area contributed by atoms with Crippen molar-refractivity contribution in [1.29, 1.82) is 0 Å². The molecule has 1 rings (SSSR count). The minimum atomic E-state index is -4.19. The number of hydrogen-bond acceptors (Lipinski definition) is 2. The predicted molar refractivity (Wildman–Crippen MR) is 39.8 cm³/mol. The Bertz CT molecular complexity index is 208. The van der Waals surface area contributed by atoms with Gasteiger partial charge in [0.15, 0.2) is 0 Å². The van der Waals surface area contributed by atoms with Gasteiger partial charge in [0.05, 0.1) is 12.0 Å². The maximum Gasteiger partial charge on any atom is 0.395 e. The molecule has 6 heteroatoms. The summed E-state index contributed by atoms with van der Waals surface area (Å²) in [7, 11) is 0. The van der Waals surface area contributed by atoms with E-state index in [9.17, 15) is 18.0 Å². The third-order valence-corrected chi connectivity index (χ3v) is 2.05. The Hall–Kier alpha value is -0.780. The van der Waals surface area contributed by atoms with Crippen molar-refractivity contribution in [2.45, 2.75) is 19.1 Å². The Morgan fingerprint density at radius 3 is 2.31 bits per heavy atom. The van der Waals surface area contributed by atoms with E-state index < -0.39 is 24.0 Å². The lowest BCUT2D eigenvalue weighted by Crippen LogP contribution is -2.58. The van der Waals surface area contributed by atoms with Gasteiger partial charge in [-0.1, -0.05) is 0 Å². The number of amides is 1. The number of carbonyl (C=O) groups is 1. The minimum Gasteiger partial charge on any atom is -0.340 e. The number of hydrogen-bond donors (Lipinski definition) is 1. The molecule has 1 heterocycles. The van der Waals surface area contributed by atoms with Crippen molar-refractivity contribution in [1.82, 2.24) is 4.90 Å². The molecule has 0 aliphatic carbocycles. The Morgan fingerprint density at radius 2 is 2.00 bits per heavy atom. The fourth-order valence-electron chi connectivity index (χ4n) is 1.15. The van der Waals surface area contributed by atoms with Gasteiger partial charge in [-0.25, -0.2) is 0 Å². The Kier molecular flexibility index (Phi) is 2.51. The molecule has 1 amide bonds. The third-order valence-electron chi connectivity index (χ3n) is 2.05. The maximum atomic E-state index is 12.0. The topological polar surface area (TPSA) is 46.3 Å². The summed E-state index contributed by atoms with van der Waals surface area (Å²) in [5, 5.41) is 0. The van der Waals surface area contributed by atoms with E-state index in [1.54, 1.807) is 0 Å². The van der Waals surface area contributed by atoms with E-state index in [2.05, 4.69) is 0 Å². The van der Waals surface area contributed by atoms with Gasteiger partial charge in [0.1, 0.15) is 0 Å². The molecule has 1 aliphatic rings. The second-order valence-corrected chi connectivity index (χ2v) is 3.27. The van der Waals surface area contributed by atoms with E-state index in [0.29, 0.717) is 0 Å². The molecule has 0 radical (unpaired) electrons. The van der Waals surface area contributed by atoms with Crippen LogP contribution in [0.2, 0.25) is 0 Å². The van der Waals surface area contributed by atoms with Crippen LogP contribution >= 0.6 is 0 Å². The number of alkyl halides is 3. The first-order valence-electron chi connectivity index (χ1n) is 3.93. The van der Waals surface area contributed by atoms with Crippen LogP contribution in [0.4, 0.5) is 13.2 Å². The SMILES string of the molecule is C[C@@H](N)C(=O)N1CC(C(F)(F)F)C1. The standard InChI is InChI=1S/C7H11F3N2O/c1-4(11)6(13)12-2-5(3-12)7(8,9)10/h4-5H,2-3,11H2,1H3/t4-/m1/s1. The highest BCUT2D eigenvalue weighted by molar-refractivity contribution is 5.81. The normalized spacial score (nSPS) is 21.2. The summed E-state index contributed by atoms with van der Waals surface area (Å²) in [4.78, 5) is 12.2. The van der Waals surface area contributed by atoms with Crippen LogP contribution in [0, 0.1) is 5.92 Å². The molecule has 0 spiro atoms. The molecule has 76 valence electrons. The van der Waals surface area contributed by atoms with Crippen LogP contribution < -0.4 is 5.73 Å². The summed E-state index contributed by atoms with van der Waals surface area (Å²) in [6.45, 7) is 0.969. The lowest BCUT2D eigenvalue weighted by Gasteiger charge is -2.40. The molecule has 2 N–H and O–H groups in total. The van der Waals surface area contributed by atoms with Gasteiger partial charge in [-0.05, 0) is 6.92 Å². The van der Waals surface area contributed by atoms with E-state index >= 15 is 0 Å². The number of halogens is 3. The zero-order valence-corrected chi connectivity index (χ0v) is 7.14.